The molecule has 0 saturated carbocycles. The lowest BCUT2D eigenvalue weighted by Gasteiger charge is -2.11. The Morgan fingerprint density at radius 1 is 0.317 bits per heavy atom. The molecule has 0 bridgehead atoms. The van der Waals surface area contributed by atoms with Gasteiger partial charge in [-0.15, -0.1) is 0 Å². The first kappa shape index (κ1) is 33.9. The van der Waals surface area contributed by atoms with Crippen LogP contribution in [0, 0.1) is 0 Å². The summed E-state index contributed by atoms with van der Waals surface area (Å²) < 4.78 is 13.0. The van der Waals surface area contributed by atoms with Crippen LogP contribution in [0.15, 0.2) is 209 Å². The van der Waals surface area contributed by atoms with E-state index in [0.29, 0.717) is 5.82 Å². The molecule has 0 N–H and O–H groups in total. The second-order valence-electron chi connectivity index (χ2n) is 15.1. The average Bonchev–Trinajstić information content (AvgIpc) is 3.91. The van der Waals surface area contributed by atoms with Gasteiger partial charge in [-0.3, -0.25) is 0 Å². The van der Waals surface area contributed by atoms with Crippen LogP contribution in [0.3, 0.4) is 0 Å². The summed E-state index contributed by atoms with van der Waals surface area (Å²) in [5.41, 5.74) is 15.1. The molecule has 0 radical (unpaired) electrons. The second-order valence-corrected chi connectivity index (χ2v) is 15.1. The van der Waals surface area contributed by atoms with Crippen molar-refractivity contribution < 1.29 is 8.83 Å². The lowest BCUT2D eigenvalue weighted by atomic mass is 9.98. The molecule has 0 amide bonds. The Bertz CT molecular complexity index is 3570. The zero-order chi connectivity index (χ0) is 39.6. The van der Waals surface area contributed by atoms with Gasteiger partial charge in [0.1, 0.15) is 22.4 Å². The summed E-state index contributed by atoms with van der Waals surface area (Å²) in [5.74, 6) is 0.641. The van der Waals surface area contributed by atoms with E-state index in [-0.39, 0.29) is 0 Å². The number of furan rings is 2. The fraction of sp³-hybridized carbons (Fsp3) is 0. The third kappa shape index (κ3) is 5.67. The van der Waals surface area contributed by atoms with E-state index in [0.717, 1.165) is 116 Å². The molecule has 0 spiro atoms. The molecule has 0 atom stereocenters. The monoisotopic (exact) mass is 767 g/mol. The van der Waals surface area contributed by atoms with Gasteiger partial charge in [0.25, 0.3) is 0 Å². The third-order valence-electron chi connectivity index (χ3n) is 11.5. The summed E-state index contributed by atoms with van der Waals surface area (Å²) in [5, 5.41) is 5.43. The van der Waals surface area contributed by atoms with Crippen LogP contribution in [-0.2, 0) is 0 Å². The van der Waals surface area contributed by atoms with E-state index in [2.05, 4.69) is 152 Å². The molecule has 4 heterocycles. The molecular formula is C55H33N3O2. The van der Waals surface area contributed by atoms with Crippen LogP contribution in [0.4, 0.5) is 0 Å². The number of para-hydroxylation sites is 3. The first-order valence-electron chi connectivity index (χ1n) is 20.1. The molecule has 280 valence electrons. The van der Waals surface area contributed by atoms with Crippen LogP contribution >= 0.6 is 0 Å². The Kier molecular flexibility index (Phi) is 7.78. The summed E-state index contributed by atoms with van der Waals surface area (Å²) in [6.45, 7) is 0. The highest BCUT2D eigenvalue weighted by Crippen LogP contribution is 2.41. The molecule has 8 aromatic carbocycles. The number of hydrogen-bond acceptors (Lipinski definition) is 5. The van der Waals surface area contributed by atoms with Gasteiger partial charge in [0.15, 0.2) is 11.4 Å². The Labute approximate surface area is 344 Å². The van der Waals surface area contributed by atoms with Crippen molar-refractivity contribution in [2.24, 2.45) is 0 Å². The minimum atomic E-state index is 0.641. The van der Waals surface area contributed by atoms with Crippen LogP contribution in [-0.4, -0.2) is 15.0 Å². The number of nitrogens with zero attached hydrogens (tertiary/aromatic N) is 3. The number of pyridine rings is 1. The van der Waals surface area contributed by atoms with Gasteiger partial charge in [0.05, 0.1) is 16.9 Å². The fourth-order valence-corrected chi connectivity index (χ4v) is 8.54. The van der Waals surface area contributed by atoms with Gasteiger partial charge in [-0.25, -0.2) is 15.0 Å². The van der Waals surface area contributed by atoms with Gasteiger partial charge in [0, 0.05) is 54.7 Å². The van der Waals surface area contributed by atoms with Gasteiger partial charge >= 0.3 is 0 Å². The molecule has 5 heteroatoms. The molecule has 5 nitrogen and oxygen atoms in total. The van der Waals surface area contributed by atoms with Crippen LogP contribution < -0.4 is 0 Å². The molecule has 0 fully saturated rings. The summed E-state index contributed by atoms with van der Waals surface area (Å²) in [4.78, 5) is 15.5. The highest BCUT2D eigenvalue weighted by Gasteiger charge is 2.19. The quantitative estimate of drug-likeness (QED) is 0.169. The van der Waals surface area contributed by atoms with E-state index in [9.17, 15) is 0 Å². The summed E-state index contributed by atoms with van der Waals surface area (Å²) >= 11 is 0. The zero-order valence-corrected chi connectivity index (χ0v) is 32.2. The minimum absolute atomic E-state index is 0.641. The lowest BCUT2D eigenvalue weighted by molar-refractivity contribution is 0.668. The first-order chi connectivity index (χ1) is 29.7. The van der Waals surface area contributed by atoms with Crippen LogP contribution in [0.25, 0.3) is 122 Å². The second kappa shape index (κ2) is 13.8. The summed E-state index contributed by atoms with van der Waals surface area (Å²) in [6.07, 6.45) is 0. The molecule has 0 saturated heterocycles. The molecule has 12 aromatic rings. The maximum absolute atomic E-state index is 6.61. The minimum Gasteiger partial charge on any atom is -0.455 e. The van der Waals surface area contributed by atoms with Crippen molar-refractivity contribution in [3.05, 3.63) is 200 Å². The zero-order valence-electron chi connectivity index (χ0n) is 32.2. The lowest BCUT2D eigenvalue weighted by Crippen LogP contribution is -1.96. The number of hydrogen-bond donors (Lipinski definition) is 0. The molecule has 0 aliphatic heterocycles. The summed E-state index contributed by atoms with van der Waals surface area (Å²) in [6, 6.07) is 69.0. The largest absolute Gasteiger partial charge is 0.455 e. The van der Waals surface area contributed by atoms with Crippen molar-refractivity contribution in [1.82, 2.24) is 15.0 Å². The Balaban J connectivity index is 0.945. The molecule has 12 rings (SSSR count). The van der Waals surface area contributed by atoms with Crippen LogP contribution in [0.5, 0.6) is 0 Å². The Morgan fingerprint density at radius 2 is 0.867 bits per heavy atom. The van der Waals surface area contributed by atoms with Crippen molar-refractivity contribution in [2.75, 3.05) is 0 Å². The standard InChI is InChI=1S/C55H33N3O2/c1-3-12-34(13-4-1)40-30-31-46-45(32-40)51-44-17-8-10-21-50(44)60-54(51)52(56-46)38-26-28-39(29-27-38)55-57-47(36-14-5-2-6-15-36)33-48(58-55)37-24-22-35(23-25-37)41-18-11-19-43-42-16-7-9-20-49(42)59-53(41)43/h1-33H. The smallest absolute Gasteiger partial charge is 0.162 e. The van der Waals surface area contributed by atoms with Crippen LogP contribution in [0.1, 0.15) is 0 Å². The maximum atomic E-state index is 6.61. The van der Waals surface area contributed by atoms with Crippen molar-refractivity contribution in [3.63, 3.8) is 0 Å². The normalized spacial score (nSPS) is 11.7. The molecule has 0 unspecified atom stereocenters. The predicted octanol–water partition coefficient (Wildman–Crippen LogP) is 14.8. The Morgan fingerprint density at radius 3 is 1.62 bits per heavy atom. The number of aromatic nitrogens is 3. The molecular weight excluding hydrogens is 735 g/mol. The predicted molar refractivity (Wildman–Crippen MR) is 245 cm³/mol. The molecule has 0 aliphatic rings. The van der Waals surface area contributed by atoms with Crippen molar-refractivity contribution in [3.8, 4) is 67.4 Å². The van der Waals surface area contributed by atoms with Crippen molar-refractivity contribution >= 4 is 54.8 Å². The number of rotatable bonds is 6. The highest BCUT2D eigenvalue weighted by atomic mass is 16.3. The maximum Gasteiger partial charge on any atom is 0.162 e. The Hall–Kier alpha value is -8.15. The van der Waals surface area contributed by atoms with E-state index >= 15 is 0 Å². The number of benzene rings is 8. The van der Waals surface area contributed by atoms with E-state index in [4.69, 9.17) is 23.8 Å². The molecule has 60 heavy (non-hydrogen) atoms. The first-order valence-corrected chi connectivity index (χ1v) is 20.1. The van der Waals surface area contributed by atoms with E-state index in [1.807, 2.05) is 48.5 Å². The van der Waals surface area contributed by atoms with E-state index in [1.54, 1.807) is 0 Å². The van der Waals surface area contributed by atoms with Gasteiger partial charge in [-0.2, -0.15) is 0 Å². The third-order valence-corrected chi connectivity index (χ3v) is 11.5. The summed E-state index contributed by atoms with van der Waals surface area (Å²) in [7, 11) is 0. The topological polar surface area (TPSA) is 65.0 Å². The average molecular weight is 768 g/mol. The molecule has 0 aliphatic carbocycles. The SMILES string of the molecule is c1ccc(-c2ccc3nc(-c4ccc(-c5nc(-c6ccccc6)cc(-c6ccc(-c7cccc8c7oc7ccccc78)cc6)n5)cc4)c4oc5ccccc5c4c3c2)cc1. The van der Waals surface area contributed by atoms with Gasteiger partial charge < -0.3 is 8.83 Å². The number of fused-ring (bicyclic) bond motifs is 8. The van der Waals surface area contributed by atoms with E-state index < -0.39 is 0 Å². The molecule has 4 aromatic heterocycles. The fourth-order valence-electron chi connectivity index (χ4n) is 8.54. The van der Waals surface area contributed by atoms with Gasteiger partial charge in [0.2, 0.25) is 0 Å². The van der Waals surface area contributed by atoms with Crippen molar-refractivity contribution in [1.29, 1.82) is 0 Å². The van der Waals surface area contributed by atoms with Crippen molar-refractivity contribution in [2.45, 2.75) is 0 Å². The van der Waals surface area contributed by atoms with Gasteiger partial charge in [-0.1, -0.05) is 170 Å². The van der Waals surface area contributed by atoms with Crippen LogP contribution in [0.2, 0.25) is 0 Å². The highest BCUT2D eigenvalue weighted by molar-refractivity contribution is 6.21. The van der Waals surface area contributed by atoms with Gasteiger partial charge in [-0.05, 0) is 47.0 Å². The van der Waals surface area contributed by atoms with E-state index in [1.165, 1.54) is 0 Å².